The molecular weight excluding hydrogens is 334 g/mol. The molecule has 26 heavy (non-hydrogen) atoms. The van der Waals surface area contributed by atoms with Crippen molar-refractivity contribution in [1.29, 1.82) is 0 Å². The van der Waals surface area contributed by atoms with Gasteiger partial charge in [-0.3, -0.25) is 0 Å². The highest BCUT2D eigenvalue weighted by molar-refractivity contribution is 5.68. The quantitative estimate of drug-likeness (QED) is 0.618. The van der Waals surface area contributed by atoms with Crippen LogP contribution >= 0.6 is 0 Å². The van der Waals surface area contributed by atoms with Gasteiger partial charge in [0.05, 0.1) is 12.7 Å². The number of anilines is 2. The van der Waals surface area contributed by atoms with Gasteiger partial charge in [-0.1, -0.05) is 0 Å². The maximum atomic E-state index is 12.2. The number of aliphatic hydroxyl groups is 2. The van der Waals surface area contributed by atoms with Gasteiger partial charge in [0.15, 0.2) is 0 Å². The molecule has 1 saturated heterocycles. The van der Waals surface area contributed by atoms with Gasteiger partial charge in [0.1, 0.15) is 5.60 Å². The maximum absolute atomic E-state index is 12.2. The van der Waals surface area contributed by atoms with E-state index in [1.165, 1.54) is 0 Å². The molecule has 0 aliphatic carbocycles. The van der Waals surface area contributed by atoms with Crippen molar-refractivity contribution in [2.24, 2.45) is 0 Å². The Kier molecular flexibility index (Phi) is 7.11. The third kappa shape index (κ3) is 6.72. The van der Waals surface area contributed by atoms with E-state index < -0.39 is 11.7 Å². The van der Waals surface area contributed by atoms with Crippen molar-refractivity contribution in [3.8, 4) is 0 Å². The molecule has 1 heterocycles. The van der Waals surface area contributed by atoms with Crippen LogP contribution in [0.15, 0.2) is 24.3 Å². The lowest BCUT2D eigenvalue weighted by atomic mass is 10.1. The third-order valence-electron chi connectivity index (χ3n) is 4.08. The van der Waals surface area contributed by atoms with Crippen molar-refractivity contribution in [2.75, 3.05) is 36.9 Å². The number of likely N-dealkylation sites (tertiary alicyclic amines) is 1. The Hall–Kier alpha value is -1.99. The maximum Gasteiger partial charge on any atom is 0.410 e. The molecule has 0 spiro atoms. The SMILES string of the molecule is CC(C)(C)OC(=O)N1CCCC(Nc2ccc(NCC(O)CO)cc2)C1. The lowest BCUT2D eigenvalue weighted by Gasteiger charge is -2.34. The van der Waals surface area contributed by atoms with Crippen LogP contribution in [0.2, 0.25) is 0 Å². The van der Waals surface area contributed by atoms with Gasteiger partial charge in [-0.15, -0.1) is 0 Å². The molecule has 0 bridgehead atoms. The summed E-state index contributed by atoms with van der Waals surface area (Å²) in [7, 11) is 0. The molecule has 0 radical (unpaired) electrons. The van der Waals surface area contributed by atoms with Gasteiger partial charge < -0.3 is 30.5 Å². The topological polar surface area (TPSA) is 94.1 Å². The monoisotopic (exact) mass is 365 g/mol. The van der Waals surface area contributed by atoms with Gasteiger partial charge >= 0.3 is 6.09 Å². The summed E-state index contributed by atoms with van der Waals surface area (Å²) in [5.74, 6) is 0. The minimum Gasteiger partial charge on any atom is -0.444 e. The minimum atomic E-state index is -0.770. The molecule has 0 aromatic heterocycles. The molecule has 4 N–H and O–H groups in total. The van der Waals surface area contributed by atoms with Crippen molar-refractivity contribution in [3.05, 3.63) is 24.3 Å². The Labute approximate surface area is 155 Å². The first-order valence-electron chi connectivity index (χ1n) is 9.14. The summed E-state index contributed by atoms with van der Waals surface area (Å²) in [6.07, 6.45) is 0.914. The van der Waals surface area contributed by atoms with Crippen LogP contribution in [0.25, 0.3) is 0 Å². The third-order valence-corrected chi connectivity index (χ3v) is 4.08. The molecule has 7 heteroatoms. The summed E-state index contributed by atoms with van der Waals surface area (Å²) < 4.78 is 5.46. The number of rotatable bonds is 6. The van der Waals surface area contributed by atoms with Gasteiger partial charge in [0.2, 0.25) is 0 Å². The highest BCUT2D eigenvalue weighted by Gasteiger charge is 2.27. The van der Waals surface area contributed by atoms with Crippen molar-refractivity contribution in [2.45, 2.75) is 51.4 Å². The Morgan fingerprint density at radius 2 is 1.96 bits per heavy atom. The number of nitrogens with zero attached hydrogens (tertiary/aromatic N) is 1. The van der Waals surface area contributed by atoms with E-state index >= 15 is 0 Å². The molecule has 7 nitrogen and oxygen atoms in total. The highest BCUT2D eigenvalue weighted by atomic mass is 16.6. The molecule has 1 aromatic rings. The van der Waals surface area contributed by atoms with Crippen LogP contribution < -0.4 is 10.6 Å². The lowest BCUT2D eigenvalue weighted by Crippen LogP contribution is -2.46. The highest BCUT2D eigenvalue weighted by Crippen LogP contribution is 2.20. The smallest absolute Gasteiger partial charge is 0.410 e. The summed E-state index contributed by atoms with van der Waals surface area (Å²) in [5, 5.41) is 24.7. The molecule has 2 rings (SSSR count). The van der Waals surface area contributed by atoms with E-state index in [9.17, 15) is 9.90 Å². The molecule has 1 aliphatic heterocycles. The number of carbonyl (C=O) groups is 1. The van der Waals surface area contributed by atoms with Crippen LogP contribution in [0.4, 0.5) is 16.2 Å². The first-order valence-corrected chi connectivity index (χ1v) is 9.14. The second-order valence-electron chi connectivity index (χ2n) is 7.70. The molecule has 2 atom stereocenters. The number of carbonyl (C=O) groups excluding carboxylic acids is 1. The first-order chi connectivity index (χ1) is 12.3. The van der Waals surface area contributed by atoms with E-state index in [-0.39, 0.29) is 18.7 Å². The number of hydrogen-bond acceptors (Lipinski definition) is 6. The number of benzene rings is 1. The Balaban J connectivity index is 1.85. The summed E-state index contributed by atoms with van der Waals surface area (Å²) in [5.41, 5.74) is 1.38. The number of piperidine rings is 1. The largest absolute Gasteiger partial charge is 0.444 e. The average Bonchev–Trinajstić information content (AvgIpc) is 2.59. The molecule has 1 amide bonds. The molecule has 1 fully saturated rings. The van der Waals surface area contributed by atoms with E-state index in [1.54, 1.807) is 4.90 Å². The first kappa shape index (κ1) is 20.3. The molecule has 146 valence electrons. The van der Waals surface area contributed by atoms with Gasteiger partial charge in [0, 0.05) is 37.1 Å². The fourth-order valence-electron chi connectivity index (χ4n) is 2.81. The van der Waals surface area contributed by atoms with E-state index in [1.807, 2.05) is 45.0 Å². The Morgan fingerprint density at radius 3 is 2.58 bits per heavy atom. The van der Waals surface area contributed by atoms with Gasteiger partial charge in [0.25, 0.3) is 0 Å². The number of ether oxygens (including phenoxy) is 1. The number of amides is 1. The van der Waals surface area contributed by atoms with Crippen molar-refractivity contribution in [3.63, 3.8) is 0 Å². The van der Waals surface area contributed by atoms with Crippen molar-refractivity contribution < 1.29 is 19.7 Å². The summed E-state index contributed by atoms with van der Waals surface area (Å²) in [6, 6.07) is 7.94. The minimum absolute atomic E-state index is 0.186. The second kappa shape index (κ2) is 9.09. The van der Waals surface area contributed by atoms with Gasteiger partial charge in [-0.25, -0.2) is 4.79 Å². The summed E-state index contributed by atoms with van der Waals surface area (Å²) in [4.78, 5) is 14.0. The van der Waals surface area contributed by atoms with Gasteiger partial charge in [-0.05, 0) is 57.9 Å². The molecule has 0 saturated carbocycles. The lowest BCUT2D eigenvalue weighted by molar-refractivity contribution is 0.0206. The van der Waals surface area contributed by atoms with E-state index in [4.69, 9.17) is 9.84 Å². The zero-order chi connectivity index (χ0) is 19.2. The van der Waals surface area contributed by atoms with Crippen LogP contribution in [0, 0.1) is 0 Å². The number of hydrogen-bond donors (Lipinski definition) is 4. The predicted octanol–water partition coefficient (Wildman–Crippen LogP) is 2.26. The number of nitrogens with one attached hydrogen (secondary N) is 2. The molecule has 2 unspecified atom stereocenters. The van der Waals surface area contributed by atoms with E-state index in [2.05, 4.69) is 10.6 Å². The van der Waals surface area contributed by atoms with E-state index in [0.29, 0.717) is 13.1 Å². The second-order valence-corrected chi connectivity index (χ2v) is 7.70. The summed E-state index contributed by atoms with van der Waals surface area (Å²) >= 11 is 0. The fourth-order valence-corrected chi connectivity index (χ4v) is 2.81. The van der Waals surface area contributed by atoms with Crippen LogP contribution in [0.1, 0.15) is 33.6 Å². The van der Waals surface area contributed by atoms with E-state index in [0.717, 1.165) is 30.8 Å². The zero-order valence-electron chi connectivity index (χ0n) is 15.9. The predicted molar refractivity (Wildman–Crippen MR) is 102 cm³/mol. The zero-order valence-corrected chi connectivity index (χ0v) is 15.9. The van der Waals surface area contributed by atoms with Gasteiger partial charge in [-0.2, -0.15) is 0 Å². The standard InChI is InChI=1S/C19H31N3O4/c1-19(2,3)26-18(25)22-10-4-5-16(12-22)21-15-8-6-14(7-9-15)20-11-17(24)13-23/h6-9,16-17,20-21,23-24H,4-5,10-13H2,1-3H3. The Morgan fingerprint density at radius 1 is 1.31 bits per heavy atom. The van der Waals surface area contributed by atoms with Crippen molar-refractivity contribution in [1.82, 2.24) is 4.90 Å². The average molecular weight is 365 g/mol. The van der Waals surface area contributed by atoms with Crippen LogP contribution in [-0.2, 0) is 4.74 Å². The number of aliphatic hydroxyl groups excluding tert-OH is 2. The van der Waals surface area contributed by atoms with Crippen molar-refractivity contribution >= 4 is 17.5 Å². The fraction of sp³-hybridized carbons (Fsp3) is 0.632. The Bertz CT molecular complexity index is 571. The normalized spacial score (nSPS) is 19.0. The molecular formula is C19H31N3O4. The molecule has 1 aromatic carbocycles. The van der Waals surface area contributed by atoms with Crippen LogP contribution in [0.3, 0.4) is 0 Å². The molecule has 1 aliphatic rings. The van der Waals surface area contributed by atoms with Crippen LogP contribution in [-0.4, -0.2) is 65.2 Å². The van der Waals surface area contributed by atoms with Crippen LogP contribution in [0.5, 0.6) is 0 Å². The summed E-state index contributed by atoms with van der Waals surface area (Å²) in [6.45, 7) is 7.01.